The highest BCUT2D eigenvalue weighted by Crippen LogP contribution is 2.33. The summed E-state index contributed by atoms with van der Waals surface area (Å²) in [6.45, 7) is 1.79. The fraction of sp³-hybridized carbons (Fsp3) is 0.200. The number of phenolic OH excluding ortho intramolecular Hbond substituents is 3. The van der Waals surface area contributed by atoms with Crippen molar-refractivity contribution < 1.29 is 15.3 Å². The van der Waals surface area contributed by atoms with E-state index in [0.717, 1.165) is 35.6 Å². The third kappa shape index (κ3) is 3.19. The third-order valence-corrected chi connectivity index (χ3v) is 4.61. The molecule has 0 amide bonds. The van der Waals surface area contributed by atoms with Gasteiger partial charge in [-0.15, -0.1) is 0 Å². The molecule has 0 atom stereocenters. The summed E-state index contributed by atoms with van der Waals surface area (Å²) in [4.78, 5) is 11.3. The summed E-state index contributed by atoms with van der Waals surface area (Å²) in [5, 5.41) is 29.4. The third-order valence-electron chi connectivity index (χ3n) is 4.61. The number of rotatable bonds is 3. The number of nitrogens with zero attached hydrogens (tertiary/aromatic N) is 3. The molecule has 2 heterocycles. The van der Waals surface area contributed by atoms with E-state index in [-0.39, 0.29) is 17.2 Å². The predicted octanol–water partition coefficient (Wildman–Crippen LogP) is 2.82. The van der Waals surface area contributed by atoms with Crippen LogP contribution in [0, 0.1) is 0 Å². The molecule has 1 aromatic heterocycles. The fourth-order valence-electron chi connectivity index (χ4n) is 3.25. The van der Waals surface area contributed by atoms with Crippen LogP contribution in [-0.4, -0.2) is 36.7 Å². The van der Waals surface area contributed by atoms with Crippen LogP contribution >= 0.6 is 0 Å². The van der Waals surface area contributed by atoms with E-state index in [1.54, 1.807) is 0 Å². The zero-order chi connectivity index (χ0) is 18.1. The molecule has 3 aromatic rings. The first-order valence-corrected chi connectivity index (χ1v) is 8.46. The number of hydrogen-bond acceptors (Lipinski definition) is 6. The monoisotopic (exact) mass is 349 g/mol. The summed E-state index contributed by atoms with van der Waals surface area (Å²) < 4.78 is 0. The Bertz CT molecular complexity index is 921. The maximum atomic E-state index is 9.99. The molecule has 0 saturated heterocycles. The number of aromatic hydroxyl groups is 3. The van der Waals surface area contributed by atoms with E-state index in [2.05, 4.69) is 9.88 Å². The van der Waals surface area contributed by atoms with Crippen LogP contribution in [0.25, 0.3) is 11.4 Å². The quantitative estimate of drug-likeness (QED) is 0.674. The lowest BCUT2D eigenvalue weighted by Gasteiger charge is -2.28. The van der Waals surface area contributed by atoms with Crippen LogP contribution in [0.3, 0.4) is 0 Å². The van der Waals surface area contributed by atoms with Gasteiger partial charge in [-0.05, 0) is 0 Å². The van der Waals surface area contributed by atoms with Crippen molar-refractivity contribution in [2.24, 2.45) is 0 Å². The first-order valence-electron chi connectivity index (χ1n) is 8.46. The maximum Gasteiger partial charge on any atom is 0.159 e. The van der Waals surface area contributed by atoms with Crippen LogP contribution in [0.1, 0.15) is 16.8 Å². The Morgan fingerprint density at radius 2 is 1.73 bits per heavy atom. The molecule has 1 aliphatic rings. The van der Waals surface area contributed by atoms with E-state index in [4.69, 9.17) is 4.98 Å². The second-order valence-corrected chi connectivity index (χ2v) is 6.45. The van der Waals surface area contributed by atoms with Crippen molar-refractivity contribution in [2.75, 3.05) is 6.54 Å². The highest BCUT2D eigenvalue weighted by Gasteiger charge is 2.21. The Balaban J connectivity index is 1.54. The minimum Gasteiger partial charge on any atom is -0.508 e. The van der Waals surface area contributed by atoms with Crippen LogP contribution in [0.4, 0.5) is 0 Å². The van der Waals surface area contributed by atoms with Crippen molar-refractivity contribution in [3.05, 3.63) is 65.5 Å². The molecule has 4 rings (SSSR count). The van der Waals surface area contributed by atoms with E-state index < -0.39 is 0 Å². The Labute approximate surface area is 151 Å². The van der Waals surface area contributed by atoms with Crippen LogP contribution in [0.2, 0.25) is 0 Å². The normalized spacial score (nSPS) is 14.2. The molecule has 6 nitrogen and oxygen atoms in total. The van der Waals surface area contributed by atoms with Crippen molar-refractivity contribution >= 4 is 0 Å². The molecule has 0 radical (unpaired) electrons. The molecular weight excluding hydrogens is 330 g/mol. The molecule has 3 N–H and O–H groups in total. The molecule has 1 aliphatic heterocycles. The van der Waals surface area contributed by atoms with E-state index >= 15 is 0 Å². The first-order chi connectivity index (χ1) is 12.6. The van der Waals surface area contributed by atoms with Gasteiger partial charge in [-0.1, -0.05) is 30.3 Å². The van der Waals surface area contributed by atoms with Crippen LogP contribution in [-0.2, 0) is 19.5 Å². The molecule has 0 saturated carbocycles. The Kier molecular flexibility index (Phi) is 4.18. The summed E-state index contributed by atoms with van der Waals surface area (Å²) in [5.74, 6) is 0.356. The summed E-state index contributed by atoms with van der Waals surface area (Å²) in [6.07, 6.45) is 2.63. The largest absolute Gasteiger partial charge is 0.508 e. The van der Waals surface area contributed by atoms with Gasteiger partial charge in [-0.3, -0.25) is 4.90 Å². The lowest BCUT2D eigenvalue weighted by atomic mass is 10.0. The standard InChI is InChI=1S/C20H19N3O3/c24-15-8-18(25)16(19(26)9-15)12-23-7-6-17-14(11-23)10-21-20(22-17)13-4-2-1-3-5-13/h1-5,8-10,24-26H,6-7,11-12H2. The highest BCUT2D eigenvalue weighted by molar-refractivity contribution is 5.55. The van der Waals surface area contributed by atoms with E-state index in [1.807, 2.05) is 36.5 Å². The summed E-state index contributed by atoms with van der Waals surface area (Å²) in [7, 11) is 0. The minimum atomic E-state index is -0.158. The molecule has 132 valence electrons. The topological polar surface area (TPSA) is 89.7 Å². The Morgan fingerprint density at radius 1 is 1.00 bits per heavy atom. The van der Waals surface area contributed by atoms with Gasteiger partial charge >= 0.3 is 0 Å². The van der Waals surface area contributed by atoms with Crippen LogP contribution < -0.4 is 0 Å². The van der Waals surface area contributed by atoms with Crippen molar-refractivity contribution in [2.45, 2.75) is 19.5 Å². The lowest BCUT2D eigenvalue weighted by molar-refractivity contribution is 0.236. The van der Waals surface area contributed by atoms with Gasteiger partial charge in [0.2, 0.25) is 0 Å². The van der Waals surface area contributed by atoms with Crippen LogP contribution in [0.15, 0.2) is 48.7 Å². The Morgan fingerprint density at radius 3 is 2.46 bits per heavy atom. The maximum absolute atomic E-state index is 9.99. The van der Waals surface area contributed by atoms with E-state index in [0.29, 0.717) is 18.7 Å². The number of benzene rings is 2. The van der Waals surface area contributed by atoms with Crippen molar-refractivity contribution in [3.8, 4) is 28.6 Å². The van der Waals surface area contributed by atoms with Gasteiger partial charge in [0.15, 0.2) is 5.82 Å². The molecule has 0 fully saturated rings. The fourth-order valence-corrected chi connectivity index (χ4v) is 3.25. The zero-order valence-corrected chi connectivity index (χ0v) is 14.1. The molecule has 2 aromatic carbocycles. The van der Waals surface area contributed by atoms with Gasteiger partial charge in [0.05, 0.1) is 5.69 Å². The summed E-state index contributed by atoms with van der Waals surface area (Å²) in [6, 6.07) is 12.4. The van der Waals surface area contributed by atoms with Crippen molar-refractivity contribution in [1.29, 1.82) is 0 Å². The van der Waals surface area contributed by atoms with Crippen LogP contribution in [0.5, 0.6) is 17.2 Å². The van der Waals surface area contributed by atoms with E-state index in [1.165, 1.54) is 12.1 Å². The number of hydrogen-bond donors (Lipinski definition) is 3. The molecule has 0 spiro atoms. The average molecular weight is 349 g/mol. The highest BCUT2D eigenvalue weighted by atomic mass is 16.3. The number of aromatic nitrogens is 2. The molecular formula is C20H19N3O3. The molecule has 0 bridgehead atoms. The Hall–Kier alpha value is -3.12. The minimum absolute atomic E-state index is 0.107. The van der Waals surface area contributed by atoms with Crippen molar-refractivity contribution in [1.82, 2.24) is 14.9 Å². The van der Waals surface area contributed by atoms with Gasteiger partial charge in [0, 0.05) is 61.1 Å². The lowest BCUT2D eigenvalue weighted by Crippen LogP contribution is -2.31. The number of phenols is 3. The first kappa shape index (κ1) is 16.4. The van der Waals surface area contributed by atoms with Gasteiger partial charge in [0.1, 0.15) is 17.2 Å². The second kappa shape index (κ2) is 6.65. The van der Waals surface area contributed by atoms with E-state index in [9.17, 15) is 15.3 Å². The van der Waals surface area contributed by atoms with Gasteiger partial charge in [0.25, 0.3) is 0 Å². The van der Waals surface area contributed by atoms with Gasteiger partial charge < -0.3 is 15.3 Å². The second-order valence-electron chi connectivity index (χ2n) is 6.45. The van der Waals surface area contributed by atoms with Gasteiger partial charge in [-0.2, -0.15) is 0 Å². The molecule has 26 heavy (non-hydrogen) atoms. The molecule has 0 unspecified atom stereocenters. The SMILES string of the molecule is Oc1cc(O)c(CN2CCc3nc(-c4ccccc4)ncc3C2)c(O)c1. The van der Waals surface area contributed by atoms with Gasteiger partial charge in [-0.25, -0.2) is 9.97 Å². The molecule has 0 aliphatic carbocycles. The number of fused-ring (bicyclic) bond motifs is 1. The average Bonchev–Trinajstić information content (AvgIpc) is 2.65. The zero-order valence-electron chi connectivity index (χ0n) is 14.1. The summed E-state index contributed by atoms with van der Waals surface area (Å²) in [5.41, 5.74) is 3.49. The molecule has 6 heteroatoms. The predicted molar refractivity (Wildman–Crippen MR) is 96.7 cm³/mol. The summed E-state index contributed by atoms with van der Waals surface area (Å²) >= 11 is 0. The smallest absolute Gasteiger partial charge is 0.159 e. The van der Waals surface area contributed by atoms with Crippen molar-refractivity contribution in [3.63, 3.8) is 0 Å².